The van der Waals surface area contributed by atoms with Gasteiger partial charge in [0.25, 0.3) is 0 Å². The number of nitrogens with one attached hydrogen (secondary N) is 2. The van der Waals surface area contributed by atoms with Crippen molar-refractivity contribution in [3.8, 4) is 0 Å². The Balaban J connectivity index is 3.50. The van der Waals surface area contributed by atoms with Crippen molar-refractivity contribution in [2.24, 2.45) is 5.92 Å². The zero-order valence-electron chi connectivity index (χ0n) is 22.3. The van der Waals surface area contributed by atoms with Crippen molar-refractivity contribution in [2.45, 2.75) is 92.0 Å². The lowest BCUT2D eigenvalue weighted by molar-refractivity contribution is -0.143. The van der Waals surface area contributed by atoms with E-state index in [2.05, 4.69) is 17.2 Å². The number of ether oxygens (including phenoxy) is 1. The van der Waals surface area contributed by atoms with Crippen molar-refractivity contribution < 1.29 is 19.1 Å². The van der Waals surface area contributed by atoms with Crippen LogP contribution in [0, 0.1) is 12.8 Å². The number of aryl methyl sites for hydroxylation is 1. The Morgan fingerprint density at radius 1 is 1.15 bits per heavy atom. The maximum atomic E-state index is 13.9. The number of benzene rings is 1. The van der Waals surface area contributed by atoms with E-state index in [9.17, 15) is 14.4 Å². The van der Waals surface area contributed by atoms with Gasteiger partial charge in [-0.05, 0) is 59.9 Å². The molecular weight excluding hydrogens is 430 g/mol. The smallest absolute Gasteiger partial charge is 0.408 e. The fourth-order valence-corrected chi connectivity index (χ4v) is 3.51. The second kappa shape index (κ2) is 12.0. The summed E-state index contributed by atoms with van der Waals surface area (Å²) in [7, 11) is 0. The molecule has 0 radical (unpaired) electrons. The number of nitrogens with zero attached hydrogens (tertiary/aromatic N) is 1. The van der Waals surface area contributed by atoms with Gasteiger partial charge in [-0.2, -0.15) is 0 Å². The molecule has 7 nitrogen and oxygen atoms in total. The molecule has 3 amide bonds. The Kier molecular flexibility index (Phi) is 10.3. The molecule has 0 spiro atoms. The van der Waals surface area contributed by atoms with Crippen LogP contribution in [0.2, 0.25) is 0 Å². The van der Waals surface area contributed by atoms with Crippen LogP contribution in [0.3, 0.4) is 0 Å². The minimum Gasteiger partial charge on any atom is -0.444 e. The van der Waals surface area contributed by atoms with Gasteiger partial charge in [0.15, 0.2) is 0 Å². The Bertz CT molecular complexity index is 867. The van der Waals surface area contributed by atoms with E-state index in [1.807, 2.05) is 65.8 Å². The van der Waals surface area contributed by atoms with Gasteiger partial charge in [0, 0.05) is 12.1 Å². The number of hydrogen-bond donors (Lipinski definition) is 2. The zero-order valence-corrected chi connectivity index (χ0v) is 22.3. The molecule has 2 N–H and O–H groups in total. The third-order valence-electron chi connectivity index (χ3n) is 5.18. The Morgan fingerprint density at radius 3 is 2.24 bits per heavy atom. The van der Waals surface area contributed by atoms with Crippen LogP contribution in [0.4, 0.5) is 4.79 Å². The number of rotatable bonds is 9. The third-order valence-corrected chi connectivity index (χ3v) is 5.18. The van der Waals surface area contributed by atoms with E-state index in [0.29, 0.717) is 12.0 Å². The van der Waals surface area contributed by atoms with Crippen molar-refractivity contribution in [3.05, 3.63) is 48.0 Å². The largest absolute Gasteiger partial charge is 0.444 e. The van der Waals surface area contributed by atoms with Crippen LogP contribution >= 0.6 is 0 Å². The van der Waals surface area contributed by atoms with Gasteiger partial charge in [0.2, 0.25) is 11.8 Å². The molecule has 0 aliphatic heterocycles. The first kappa shape index (κ1) is 29.2. The summed E-state index contributed by atoms with van der Waals surface area (Å²) in [5.41, 5.74) is 0.469. The predicted octanol–water partition coefficient (Wildman–Crippen LogP) is 4.90. The molecule has 0 fully saturated rings. The van der Waals surface area contributed by atoms with Gasteiger partial charge < -0.3 is 20.3 Å². The molecule has 1 aromatic carbocycles. The lowest BCUT2D eigenvalue weighted by atomic mass is 9.95. The fraction of sp³-hybridized carbons (Fsp3) is 0.593. The summed E-state index contributed by atoms with van der Waals surface area (Å²) in [5, 5.41) is 5.76. The zero-order chi connectivity index (χ0) is 26.3. The van der Waals surface area contributed by atoms with Gasteiger partial charge in [-0.3, -0.25) is 9.59 Å². The molecule has 3 atom stereocenters. The van der Waals surface area contributed by atoms with Gasteiger partial charge in [0.05, 0.1) is 0 Å². The average Bonchev–Trinajstić information content (AvgIpc) is 2.68. The molecule has 0 aliphatic carbocycles. The quantitative estimate of drug-likeness (QED) is 0.499. The average molecular weight is 474 g/mol. The predicted molar refractivity (Wildman–Crippen MR) is 136 cm³/mol. The number of amides is 3. The highest BCUT2D eigenvalue weighted by Gasteiger charge is 2.38. The van der Waals surface area contributed by atoms with Crippen LogP contribution in [-0.4, -0.2) is 46.5 Å². The van der Waals surface area contributed by atoms with Crippen molar-refractivity contribution in [1.82, 2.24) is 15.5 Å². The summed E-state index contributed by atoms with van der Waals surface area (Å²) in [4.78, 5) is 41.5. The number of carbonyl (C=O) groups excluding carboxylic acids is 3. The lowest BCUT2D eigenvalue weighted by Gasteiger charge is -2.36. The molecule has 1 rings (SSSR count). The van der Waals surface area contributed by atoms with E-state index in [-0.39, 0.29) is 24.3 Å². The van der Waals surface area contributed by atoms with Crippen LogP contribution in [-0.2, 0) is 14.3 Å². The highest BCUT2D eigenvalue weighted by molar-refractivity contribution is 5.92. The highest BCUT2D eigenvalue weighted by Crippen LogP contribution is 2.26. The molecule has 0 saturated heterocycles. The van der Waals surface area contributed by atoms with Crippen molar-refractivity contribution in [1.29, 1.82) is 0 Å². The molecule has 0 bridgehead atoms. The first-order valence-corrected chi connectivity index (χ1v) is 11.9. The van der Waals surface area contributed by atoms with Gasteiger partial charge in [-0.15, -0.1) is 6.58 Å². The SMILES string of the molecule is C=CCN(C(=O)C(NC(=O)OC(C)(C)C)C(C)CC)C(C(=O)NC(C)(C)C)c1cccc(C)c1. The Morgan fingerprint density at radius 2 is 1.76 bits per heavy atom. The van der Waals surface area contributed by atoms with Crippen LogP contribution < -0.4 is 10.6 Å². The van der Waals surface area contributed by atoms with Crippen LogP contribution in [0.25, 0.3) is 0 Å². The van der Waals surface area contributed by atoms with Gasteiger partial charge in [-0.25, -0.2) is 4.79 Å². The fourth-order valence-electron chi connectivity index (χ4n) is 3.51. The first-order chi connectivity index (χ1) is 15.6. The summed E-state index contributed by atoms with van der Waals surface area (Å²) in [5.74, 6) is -0.847. The van der Waals surface area contributed by atoms with Gasteiger partial charge in [-0.1, -0.05) is 56.2 Å². The third kappa shape index (κ3) is 9.20. The normalized spacial score (nSPS) is 14.4. The topological polar surface area (TPSA) is 87.7 Å². The monoisotopic (exact) mass is 473 g/mol. The summed E-state index contributed by atoms with van der Waals surface area (Å²) in [6.45, 7) is 20.7. The maximum absolute atomic E-state index is 13.9. The van der Waals surface area contributed by atoms with Crippen molar-refractivity contribution >= 4 is 17.9 Å². The molecule has 0 heterocycles. The second-order valence-corrected chi connectivity index (χ2v) is 10.8. The summed E-state index contributed by atoms with van der Waals surface area (Å²) >= 11 is 0. The summed E-state index contributed by atoms with van der Waals surface area (Å²) in [6, 6.07) is 5.78. The van der Waals surface area contributed by atoms with Crippen molar-refractivity contribution in [3.63, 3.8) is 0 Å². The van der Waals surface area contributed by atoms with E-state index < -0.39 is 29.3 Å². The van der Waals surface area contributed by atoms with E-state index in [1.54, 1.807) is 26.8 Å². The molecule has 7 heteroatoms. The molecule has 0 aliphatic rings. The van der Waals surface area contributed by atoms with Crippen LogP contribution in [0.15, 0.2) is 36.9 Å². The van der Waals surface area contributed by atoms with E-state index in [4.69, 9.17) is 4.74 Å². The van der Waals surface area contributed by atoms with E-state index >= 15 is 0 Å². The summed E-state index contributed by atoms with van der Waals surface area (Å²) < 4.78 is 5.41. The Hall–Kier alpha value is -2.83. The number of hydrogen-bond acceptors (Lipinski definition) is 4. The van der Waals surface area contributed by atoms with Crippen molar-refractivity contribution in [2.75, 3.05) is 6.54 Å². The molecule has 1 aromatic rings. The summed E-state index contributed by atoms with van der Waals surface area (Å²) in [6.07, 6.45) is 1.57. The number of carbonyl (C=O) groups is 3. The molecule has 3 unspecified atom stereocenters. The van der Waals surface area contributed by atoms with Gasteiger partial charge >= 0.3 is 6.09 Å². The molecule has 190 valence electrons. The van der Waals surface area contributed by atoms with E-state index in [0.717, 1.165) is 5.56 Å². The first-order valence-electron chi connectivity index (χ1n) is 11.9. The van der Waals surface area contributed by atoms with E-state index in [1.165, 1.54) is 4.90 Å². The van der Waals surface area contributed by atoms with Crippen LogP contribution in [0.5, 0.6) is 0 Å². The molecule has 34 heavy (non-hydrogen) atoms. The number of alkyl carbamates (subject to hydrolysis) is 1. The molecule has 0 saturated carbocycles. The minimum absolute atomic E-state index is 0.137. The molecular formula is C27H43N3O4. The standard InChI is InChI=1S/C27H43N3O4/c1-11-16-30(24(32)21(19(4)12-2)28-25(33)34-27(8,9)10)22(23(31)29-26(5,6)7)20-15-13-14-18(3)17-20/h11,13-15,17,19,21-22H,1,12,16H2,2-10H3,(H,28,33)(H,29,31). The lowest BCUT2D eigenvalue weighted by Crippen LogP contribution is -2.56. The Labute approximate surface area is 205 Å². The molecule has 0 aromatic heterocycles. The van der Waals surface area contributed by atoms with Crippen LogP contribution in [0.1, 0.15) is 79.0 Å². The van der Waals surface area contributed by atoms with Gasteiger partial charge in [0.1, 0.15) is 17.7 Å². The minimum atomic E-state index is -0.892. The highest BCUT2D eigenvalue weighted by atomic mass is 16.6. The second-order valence-electron chi connectivity index (χ2n) is 10.8. The maximum Gasteiger partial charge on any atom is 0.408 e.